The first kappa shape index (κ1) is 40.9. The van der Waals surface area contributed by atoms with Crippen molar-refractivity contribution in [2.45, 2.75) is 38.5 Å². The molecule has 0 atom stereocenters. The van der Waals surface area contributed by atoms with Gasteiger partial charge in [0.25, 0.3) is 0 Å². The van der Waals surface area contributed by atoms with E-state index in [0.29, 0.717) is 0 Å². The van der Waals surface area contributed by atoms with E-state index in [4.69, 9.17) is 14.4 Å². The van der Waals surface area contributed by atoms with Crippen molar-refractivity contribution in [1.29, 1.82) is 0 Å². The molecule has 0 unspecified atom stereocenters. The molecule has 0 amide bonds. The predicted molar refractivity (Wildman–Crippen MR) is 256 cm³/mol. The summed E-state index contributed by atoms with van der Waals surface area (Å²) < 4.78 is 10.4. The predicted octanol–water partition coefficient (Wildman–Crippen LogP) is 14.1. The minimum Gasteiger partial charge on any atom is -0.501 e. The Hall–Kier alpha value is -7.18. The second-order valence-electron chi connectivity index (χ2n) is 15.9. The van der Waals surface area contributed by atoms with Crippen LogP contribution >= 0.6 is 0 Å². The quantitative estimate of drug-likeness (QED) is 0.101. The van der Waals surface area contributed by atoms with Crippen LogP contribution in [0.1, 0.15) is 36.8 Å². The van der Waals surface area contributed by atoms with E-state index in [1.165, 1.54) is 69.4 Å². The molecule has 0 fully saturated rings. The standard InChI is InChI=1S/C40H32N4.C17H10NO.Ir/c1(3-13-29-23-25-39(41-27-29)43-35-19-9-5-15-31(35)32-16-6-10-20-36(32)43)2-4-14-30-24-26-40(42-28-30)44-37-21-11-7-17-33(37)34-18-8-12-22-38(34)44;1-2-10-16-12(6-1)13-7-5-8-14(17(13)19-16)15-9-3-4-11-18-15;/h5-12,15-19,21,23-28H,1-4,13-14H2;1-7,9-11H;/q-2;-1;+3. The van der Waals surface area contributed by atoms with Crippen LogP contribution in [0, 0.1) is 18.2 Å². The molecule has 310 valence electrons. The fourth-order valence-corrected chi connectivity index (χ4v) is 8.97. The Morgan fingerprint density at radius 2 is 0.984 bits per heavy atom. The van der Waals surface area contributed by atoms with Crippen LogP contribution in [0.4, 0.5) is 0 Å². The van der Waals surface area contributed by atoms with E-state index in [1.54, 1.807) is 6.20 Å². The minimum atomic E-state index is 0. The van der Waals surface area contributed by atoms with Crippen molar-refractivity contribution in [3.8, 4) is 22.9 Å². The van der Waals surface area contributed by atoms with Gasteiger partial charge in [-0.25, -0.2) is 9.97 Å². The Morgan fingerprint density at radius 1 is 0.438 bits per heavy atom. The van der Waals surface area contributed by atoms with E-state index >= 15 is 0 Å². The second kappa shape index (κ2) is 18.3. The number of hydrogen-bond donors (Lipinski definition) is 0. The van der Waals surface area contributed by atoms with Crippen LogP contribution in [0.3, 0.4) is 0 Å². The molecule has 6 nitrogen and oxygen atoms in total. The Balaban J connectivity index is 0.000000202. The third-order valence-electron chi connectivity index (χ3n) is 12.0. The molecule has 0 spiro atoms. The summed E-state index contributed by atoms with van der Waals surface area (Å²) in [5.41, 5.74) is 10.6. The maximum absolute atomic E-state index is 5.97. The molecule has 0 bridgehead atoms. The van der Waals surface area contributed by atoms with E-state index in [2.05, 4.69) is 135 Å². The molecule has 6 heterocycles. The average molecular weight is 1010 g/mol. The van der Waals surface area contributed by atoms with Gasteiger partial charge in [-0.15, -0.1) is 29.0 Å². The van der Waals surface area contributed by atoms with Crippen molar-refractivity contribution in [2.24, 2.45) is 0 Å². The number of furan rings is 1. The summed E-state index contributed by atoms with van der Waals surface area (Å²) >= 11 is 0. The van der Waals surface area contributed by atoms with Gasteiger partial charge in [0, 0.05) is 35.0 Å². The van der Waals surface area contributed by atoms with Gasteiger partial charge in [-0.3, -0.25) is 0 Å². The van der Waals surface area contributed by atoms with Crippen LogP contribution in [0.15, 0.2) is 187 Å². The molecule has 6 aromatic heterocycles. The average Bonchev–Trinajstić information content (AvgIpc) is 4.02. The normalized spacial score (nSPS) is 11.4. The van der Waals surface area contributed by atoms with Gasteiger partial charge in [-0.05, 0) is 89.7 Å². The third-order valence-corrected chi connectivity index (χ3v) is 12.0. The molecule has 6 aromatic carbocycles. The molecule has 0 radical (unpaired) electrons. The molecule has 64 heavy (non-hydrogen) atoms. The van der Waals surface area contributed by atoms with E-state index in [0.717, 1.165) is 68.7 Å². The number of unbranched alkanes of at least 4 members (excludes halogenated alkanes) is 3. The molecule has 12 rings (SSSR count). The van der Waals surface area contributed by atoms with Gasteiger partial charge in [0.1, 0.15) is 17.2 Å². The molecule has 0 N–H and O–H groups in total. The van der Waals surface area contributed by atoms with Crippen LogP contribution in [0.25, 0.3) is 88.4 Å². The topological polar surface area (TPSA) is 61.7 Å². The zero-order valence-electron chi connectivity index (χ0n) is 35.0. The second-order valence-corrected chi connectivity index (χ2v) is 15.9. The molecule has 0 saturated carbocycles. The maximum Gasteiger partial charge on any atom is 3.00 e. The number of pyridine rings is 3. The van der Waals surface area contributed by atoms with E-state index in [9.17, 15) is 0 Å². The van der Waals surface area contributed by atoms with Crippen molar-refractivity contribution in [3.63, 3.8) is 0 Å². The van der Waals surface area contributed by atoms with Crippen molar-refractivity contribution in [2.75, 3.05) is 0 Å². The first-order valence-corrected chi connectivity index (χ1v) is 21.7. The number of aryl methyl sites for hydroxylation is 2. The summed E-state index contributed by atoms with van der Waals surface area (Å²) in [4.78, 5) is 14.1. The van der Waals surface area contributed by atoms with Gasteiger partial charge in [-0.1, -0.05) is 114 Å². The number of rotatable bonds is 10. The monoisotopic (exact) mass is 1010 g/mol. The molecule has 0 aliphatic rings. The summed E-state index contributed by atoms with van der Waals surface area (Å²) in [6, 6.07) is 66.1. The SMILES string of the molecule is [Ir+3].[c-]1ccc2c(oc3ccccc32)c1-c1ccccn1.[c-]1cccc2c3ccccc3n(-c3ccc(CCCCCCc4ccc(-n5c6[c-]cccc6c6ccccc65)nc4)cn3)c12. The van der Waals surface area contributed by atoms with Crippen molar-refractivity contribution < 1.29 is 24.5 Å². The van der Waals surface area contributed by atoms with Crippen LogP contribution in [-0.4, -0.2) is 24.1 Å². The van der Waals surface area contributed by atoms with Gasteiger partial charge in [0.15, 0.2) is 0 Å². The molecule has 0 aliphatic heterocycles. The molecule has 0 saturated heterocycles. The number of fused-ring (bicyclic) bond motifs is 9. The Morgan fingerprint density at radius 3 is 1.55 bits per heavy atom. The minimum absolute atomic E-state index is 0. The number of hydrogen-bond acceptors (Lipinski definition) is 4. The van der Waals surface area contributed by atoms with E-state index < -0.39 is 0 Å². The Labute approximate surface area is 385 Å². The first-order valence-electron chi connectivity index (χ1n) is 21.7. The van der Waals surface area contributed by atoms with Crippen LogP contribution in [0.5, 0.6) is 0 Å². The van der Waals surface area contributed by atoms with Crippen LogP contribution < -0.4 is 0 Å². The van der Waals surface area contributed by atoms with Crippen LogP contribution in [0.2, 0.25) is 0 Å². The zero-order chi connectivity index (χ0) is 42.0. The Bertz CT molecular complexity index is 3250. The fraction of sp³-hybridized carbons (Fsp3) is 0.105. The van der Waals surface area contributed by atoms with Crippen LogP contribution in [-0.2, 0) is 32.9 Å². The molecular weight excluding hydrogens is 963 g/mol. The van der Waals surface area contributed by atoms with Crippen molar-refractivity contribution in [1.82, 2.24) is 24.1 Å². The van der Waals surface area contributed by atoms with Crippen molar-refractivity contribution in [3.05, 3.63) is 212 Å². The van der Waals surface area contributed by atoms with Crippen molar-refractivity contribution >= 4 is 65.6 Å². The number of para-hydroxylation sites is 5. The fourth-order valence-electron chi connectivity index (χ4n) is 8.97. The Kier molecular flexibility index (Phi) is 11.7. The maximum atomic E-state index is 5.97. The van der Waals surface area contributed by atoms with Gasteiger partial charge in [-0.2, -0.15) is 48.5 Å². The van der Waals surface area contributed by atoms with Gasteiger partial charge >= 0.3 is 20.1 Å². The summed E-state index contributed by atoms with van der Waals surface area (Å²) in [6.07, 6.45) is 12.7. The molecule has 0 aliphatic carbocycles. The smallest absolute Gasteiger partial charge is 0.501 e. The van der Waals surface area contributed by atoms with E-state index in [1.807, 2.05) is 73.1 Å². The summed E-state index contributed by atoms with van der Waals surface area (Å²) in [5.74, 6) is 1.89. The van der Waals surface area contributed by atoms with E-state index in [-0.39, 0.29) is 20.1 Å². The van der Waals surface area contributed by atoms with Gasteiger partial charge in [0.05, 0.1) is 5.58 Å². The summed E-state index contributed by atoms with van der Waals surface area (Å²) in [7, 11) is 0. The zero-order valence-corrected chi connectivity index (χ0v) is 37.4. The number of benzene rings is 6. The largest absolute Gasteiger partial charge is 3.00 e. The number of nitrogens with zero attached hydrogens (tertiary/aromatic N) is 5. The molecule has 12 aromatic rings. The summed E-state index contributed by atoms with van der Waals surface area (Å²) in [6.45, 7) is 0. The third kappa shape index (κ3) is 7.78. The first-order chi connectivity index (χ1) is 31.3. The molecule has 7 heteroatoms. The summed E-state index contributed by atoms with van der Waals surface area (Å²) in [5, 5.41) is 7.13. The molecular formula is C57H42IrN5O. The van der Waals surface area contributed by atoms with Gasteiger partial charge < -0.3 is 18.5 Å². The number of aromatic nitrogens is 5. The van der Waals surface area contributed by atoms with Gasteiger partial charge in [0.2, 0.25) is 0 Å².